The minimum absolute atomic E-state index is 0.126. The summed E-state index contributed by atoms with van der Waals surface area (Å²) in [4.78, 5) is 14.0. The molecule has 0 aromatic carbocycles. The fourth-order valence-electron chi connectivity index (χ4n) is 2.88. The Morgan fingerprint density at radius 1 is 1.12 bits per heavy atom. The summed E-state index contributed by atoms with van der Waals surface area (Å²) in [5.74, 6) is 0.430. The lowest BCUT2D eigenvalue weighted by Gasteiger charge is -2.36. The molecular weight excluding hydrogens is 212 g/mol. The van der Waals surface area contributed by atoms with Crippen LogP contribution in [-0.2, 0) is 4.79 Å². The van der Waals surface area contributed by atoms with Gasteiger partial charge in [0.25, 0.3) is 0 Å². The van der Waals surface area contributed by atoms with Gasteiger partial charge >= 0.3 is 0 Å². The number of hydrogen-bond donors (Lipinski definition) is 0. The summed E-state index contributed by atoms with van der Waals surface area (Å²) in [5.41, 5.74) is 3.05. The molecular formula is C14H25N2O+. The van der Waals surface area contributed by atoms with E-state index in [0.717, 1.165) is 30.7 Å². The maximum absolute atomic E-state index is 12.0. The van der Waals surface area contributed by atoms with Crippen molar-refractivity contribution in [3.63, 3.8) is 0 Å². The van der Waals surface area contributed by atoms with E-state index in [1.165, 1.54) is 11.1 Å². The van der Waals surface area contributed by atoms with Crippen molar-refractivity contribution in [3.8, 4) is 0 Å². The Balaban J connectivity index is 2.01. The highest BCUT2D eigenvalue weighted by atomic mass is 16.2. The molecule has 0 saturated heterocycles. The van der Waals surface area contributed by atoms with E-state index in [0.29, 0.717) is 11.9 Å². The van der Waals surface area contributed by atoms with E-state index in [9.17, 15) is 4.79 Å². The van der Waals surface area contributed by atoms with Crippen LogP contribution in [0.3, 0.4) is 0 Å². The summed E-state index contributed by atoms with van der Waals surface area (Å²) >= 11 is 0. The Hall–Kier alpha value is -0.830. The molecule has 2 aliphatic heterocycles. The molecule has 2 aliphatic rings. The van der Waals surface area contributed by atoms with Crippen LogP contribution in [0, 0.1) is 5.92 Å². The number of likely N-dealkylation sites (N-methyl/N-ethyl adjacent to an activating group) is 1. The van der Waals surface area contributed by atoms with Crippen LogP contribution in [-0.4, -0.2) is 54.6 Å². The van der Waals surface area contributed by atoms with Gasteiger partial charge in [0.1, 0.15) is 13.1 Å². The van der Waals surface area contributed by atoms with Gasteiger partial charge in [0.2, 0.25) is 5.91 Å². The number of nitrogens with zero attached hydrogens (tertiary/aromatic N) is 2. The monoisotopic (exact) mass is 237 g/mol. The van der Waals surface area contributed by atoms with Crippen molar-refractivity contribution >= 4 is 5.91 Å². The van der Waals surface area contributed by atoms with E-state index < -0.39 is 0 Å². The minimum Gasteiger partial charge on any atom is -0.334 e. The molecule has 0 radical (unpaired) electrons. The Bertz CT molecular complexity index is 350. The summed E-state index contributed by atoms with van der Waals surface area (Å²) in [6.07, 6.45) is 0. The van der Waals surface area contributed by atoms with Gasteiger partial charge in [-0.3, -0.25) is 4.79 Å². The zero-order valence-corrected chi connectivity index (χ0v) is 11.8. The zero-order chi connectivity index (χ0) is 12.8. The standard InChI is InChI=1S/C14H25N2O/c1-10(2)14(17)15-6-12-8-16(5,11(3)4)9-13(12)7-15/h10-11H,6-9H2,1-5H3/q+1. The first-order valence-corrected chi connectivity index (χ1v) is 6.66. The van der Waals surface area contributed by atoms with E-state index in [-0.39, 0.29) is 5.92 Å². The van der Waals surface area contributed by atoms with Crippen molar-refractivity contribution in [2.75, 3.05) is 33.2 Å². The summed E-state index contributed by atoms with van der Waals surface area (Å²) in [5, 5.41) is 0. The lowest BCUT2D eigenvalue weighted by molar-refractivity contribution is -0.916. The quantitative estimate of drug-likeness (QED) is 0.528. The van der Waals surface area contributed by atoms with E-state index in [1.54, 1.807) is 0 Å². The van der Waals surface area contributed by atoms with Crippen LogP contribution >= 0.6 is 0 Å². The van der Waals surface area contributed by atoms with Crippen molar-refractivity contribution in [2.45, 2.75) is 33.7 Å². The number of carbonyl (C=O) groups is 1. The van der Waals surface area contributed by atoms with Gasteiger partial charge < -0.3 is 9.38 Å². The van der Waals surface area contributed by atoms with Crippen LogP contribution in [0.15, 0.2) is 11.1 Å². The van der Waals surface area contributed by atoms with Gasteiger partial charge in [-0.05, 0) is 13.8 Å². The van der Waals surface area contributed by atoms with Gasteiger partial charge in [0, 0.05) is 30.2 Å². The van der Waals surface area contributed by atoms with E-state index in [1.807, 2.05) is 18.7 Å². The molecule has 17 heavy (non-hydrogen) atoms. The Morgan fingerprint density at radius 3 is 1.94 bits per heavy atom. The molecule has 3 nitrogen and oxygen atoms in total. The molecule has 0 aromatic heterocycles. The van der Waals surface area contributed by atoms with Crippen molar-refractivity contribution in [1.29, 1.82) is 0 Å². The molecule has 0 atom stereocenters. The van der Waals surface area contributed by atoms with E-state index in [2.05, 4.69) is 20.9 Å². The predicted octanol–water partition coefficient (Wildman–Crippen LogP) is 1.65. The molecule has 0 aromatic rings. The number of carbonyl (C=O) groups excluding carboxylic acids is 1. The third kappa shape index (κ3) is 2.13. The average molecular weight is 237 g/mol. The van der Waals surface area contributed by atoms with Gasteiger partial charge in [0.05, 0.1) is 13.1 Å². The molecule has 0 aliphatic carbocycles. The van der Waals surface area contributed by atoms with Gasteiger partial charge in [-0.25, -0.2) is 0 Å². The Kier molecular flexibility index (Phi) is 3.06. The Morgan fingerprint density at radius 2 is 1.59 bits per heavy atom. The molecule has 0 bridgehead atoms. The van der Waals surface area contributed by atoms with Gasteiger partial charge in [-0.2, -0.15) is 0 Å². The van der Waals surface area contributed by atoms with Gasteiger partial charge in [-0.15, -0.1) is 0 Å². The second-order valence-electron chi connectivity index (χ2n) is 6.45. The highest BCUT2D eigenvalue weighted by Gasteiger charge is 2.41. The van der Waals surface area contributed by atoms with Crippen molar-refractivity contribution in [3.05, 3.63) is 11.1 Å². The fourth-order valence-corrected chi connectivity index (χ4v) is 2.88. The molecule has 2 heterocycles. The highest BCUT2D eigenvalue weighted by molar-refractivity contribution is 5.79. The molecule has 1 amide bonds. The average Bonchev–Trinajstić information content (AvgIpc) is 2.71. The van der Waals surface area contributed by atoms with Crippen LogP contribution in [0.1, 0.15) is 27.7 Å². The maximum Gasteiger partial charge on any atom is 0.225 e. The molecule has 96 valence electrons. The van der Waals surface area contributed by atoms with Crippen molar-refractivity contribution in [2.24, 2.45) is 5.92 Å². The normalized spacial score (nSPS) is 22.9. The summed E-state index contributed by atoms with van der Waals surface area (Å²) < 4.78 is 1.12. The van der Waals surface area contributed by atoms with Crippen molar-refractivity contribution < 1.29 is 9.28 Å². The number of amides is 1. The smallest absolute Gasteiger partial charge is 0.225 e. The molecule has 0 spiro atoms. The van der Waals surface area contributed by atoms with Gasteiger partial charge in [0.15, 0.2) is 0 Å². The maximum atomic E-state index is 12.0. The molecule has 0 N–H and O–H groups in total. The van der Waals surface area contributed by atoms with Crippen LogP contribution in [0.4, 0.5) is 0 Å². The second-order valence-corrected chi connectivity index (χ2v) is 6.45. The SMILES string of the molecule is CC(C)C(=O)N1CC2=C(C1)C[N+](C)(C(C)C)C2. The van der Waals surface area contributed by atoms with E-state index >= 15 is 0 Å². The van der Waals surface area contributed by atoms with Gasteiger partial charge in [-0.1, -0.05) is 13.8 Å². The molecule has 3 heteroatoms. The zero-order valence-electron chi connectivity index (χ0n) is 11.8. The minimum atomic E-state index is 0.126. The summed E-state index contributed by atoms with van der Waals surface area (Å²) in [6.45, 7) is 12.6. The summed E-state index contributed by atoms with van der Waals surface area (Å²) in [6, 6.07) is 0.662. The molecule has 0 fully saturated rings. The second kappa shape index (κ2) is 4.13. The Labute approximate surface area is 105 Å². The summed E-state index contributed by atoms with van der Waals surface area (Å²) in [7, 11) is 2.33. The molecule has 2 rings (SSSR count). The number of rotatable bonds is 2. The largest absolute Gasteiger partial charge is 0.334 e. The topological polar surface area (TPSA) is 20.3 Å². The highest BCUT2D eigenvalue weighted by Crippen LogP contribution is 2.32. The third-order valence-corrected chi connectivity index (χ3v) is 4.42. The third-order valence-electron chi connectivity index (χ3n) is 4.42. The molecule has 0 saturated carbocycles. The van der Waals surface area contributed by atoms with Crippen LogP contribution in [0.2, 0.25) is 0 Å². The fraction of sp³-hybridized carbons (Fsp3) is 0.786. The molecule has 0 unspecified atom stereocenters. The van der Waals surface area contributed by atoms with E-state index in [4.69, 9.17) is 0 Å². The first-order valence-electron chi connectivity index (χ1n) is 6.66. The lowest BCUT2D eigenvalue weighted by atomic mass is 10.2. The number of hydrogen-bond acceptors (Lipinski definition) is 1. The first-order chi connectivity index (χ1) is 7.83. The van der Waals surface area contributed by atoms with Crippen LogP contribution in [0.25, 0.3) is 0 Å². The predicted molar refractivity (Wildman–Crippen MR) is 69.5 cm³/mol. The van der Waals surface area contributed by atoms with Crippen LogP contribution < -0.4 is 0 Å². The number of quaternary nitrogens is 1. The lowest BCUT2D eigenvalue weighted by Crippen LogP contribution is -2.50. The first kappa shape index (κ1) is 12.6. The van der Waals surface area contributed by atoms with Crippen molar-refractivity contribution in [1.82, 2.24) is 4.90 Å². The van der Waals surface area contributed by atoms with Crippen LogP contribution in [0.5, 0.6) is 0 Å².